The van der Waals surface area contributed by atoms with Crippen LogP contribution in [0.3, 0.4) is 0 Å². The molecule has 2 atom stereocenters. The number of nitrogens with one attached hydrogen (secondary N) is 1. The minimum absolute atomic E-state index is 0.0352. The number of carbonyl (C=O) groups is 1. The number of hydrogen-bond donors (Lipinski definition) is 2. The van der Waals surface area contributed by atoms with Gasteiger partial charge in [-0.2, -0.15) is 8.42 Å². The summed E-state index contributed by atoms with van der Waals surface area (Å²) in [6, 6.07) is 31.5. The van der Waals surface area contributed by atoms with Gasteiger partial charge in [0, 0.05) is 28.4 Å². The fourth-order valence-corrected chi connectivity index (χ4v) is 5.44. The van der Waals surface area contributed by atoms with Crippen LogP contribution >= 0.6 is 0 Å². The van der Waals surface area contributed by atoms with Gasteiger partial charge in [0.1, 0.15) is 6.10 Å². The molecule has 2 N–H and O–H groups in total. The second-order valence-electron chi connectivity index (χ2n) is 9.29. The van der Waals surface area contributed by atoms with Crippen LogP contribution in [0, 0.1) is 6.92 Å². The van der Waals surface area contributed by atoms with Gasteiger partial charge in [-0.25, -0.2) is 0 Å². The van der Waals surface area contributed by atoms with Crippen molar-refractivity contribution in [1.29, 1.82) is 0 Å². The second-order valence-corrected chi connectivity index (χ2v) is 10.9. The lowest BCUT2D eigenvalue weighted by atomic mass is 10.0. The molecule has 0 unspecified atom stereocenters. The van der Waals surface area contributed by atoms with Crippen LogP contribution in [0.5, 0.6) is 0 Å². The third-order valence-electron chi connectivity index (χ3n) is 6.52. The van der Waals surface area contributed by atoms with E-state index in [1.54, 1.807) is 30.3 Å². The molecule has 5 aromatic rings. The molecule has 0 fully saturated rings. The fraction of sp³-hybridized carbons (Fsp3) is 0.129. The third kappa shape index (κ3) is 5.93. The van der Waals surface area contributed by atoms with Crippen LogP contribution in [0.2, 0.25) is 0 Å². The van der Waals surface area contributed by atoms with E-state index >= 15 is 0 Å². The van der Waals surface area contributed by atoms with E-state index in [2.05, 4.69) is 5.32 Å². The molecule has 0 bridgehead atoms. The first kappa shape index (κ1) is 26.4. The van der Waals surface area contributed by atoms with Crippen molar-refractivity contribution < 1.29 is 22.5 Å². The number of aromatic nitrogens is 1. The van der Waals surface area contributed by atoms with E-state index in [-0.39, 0.29) is 10.8 Å². The maximum Gasteiger partial charge on any atom is 0.297 e. The fourth-order valence-electron chi connectivity index (χ4n) is 4.52. The number of anilines is 1. The summed E-state index contributed by atoms with van der Waals surface area (Å²) >= 11 is 0. The average molecular weight is 541 g/mol. The van der Waals surface area contributed by atoms with Crippen molar-refractivity contribution in [3.63, 3.8) is 0 Å². The number of aliphatic hydroxyl groups excluding tert-OH is 1. The Balaban J connectivity index is 1.41. The summed E-state index contributed by atoms with van der Waals surface area (Å²) < 4.78 is 32.7. The predicted molar refractivity (Wildman–Crippen MR) is 151 cm³/mol. The predicted octanol–water partition coefficient (Wildman–Crippen LogP) is 5.56. The first-order chi connectivity index (χ1) is 18.8. The van der Waals surface area contributed by atoms with E-state index in [1.165, 1.54) is 12.1 Å². The van der Waals surface area contributed by atoms with Crippen LogP contribution in [0.4, 0.5) is 5.69 Å². The summed E-state index contributed by atoms with van der Waals surface area (Å²) in [6.45, 7) is 1.44. The SMILES string of the molecule is Cc1ccc(S(=O)(=O)OC[C@@H](O)[C@H](c2ccccc2)n2ccc3cc(NC(=O)c4ccccc4)ccc32)cc1. The van der Waals surface area contributed by atoms with Crippen molar-refractivity contribution in [2.75, 3.05) is 11.9 Å². The van der Waals surface area contributed by atoms with Crippen LogP contribution in [-0.4, -0.2) is 36.7 Å². The zero-order valence-electron chi connectivity index (χ0n) is 21.3. The van der Waals surface area contributed by atoms with Crippen molar-refractivity contribution in [2.45, 2.75) is 24.0 Å². The standard InChI is InChI=1S/C31H28N2O5S/c1-22-12-15-27(16-13-22)39(36,37)38-21-29(34)30(23-8-4-2-5-9-23)33-19-18-25-20-26(14-17-28(25)33)32-31(35)24-10-6-3-7-11-24/h2-20,29-30,34H,21H2,1H3,(H,32,35)/t29-,30+/m1/s1. The molecule has 1 aromatic heterocycles. The molecule has 7 nitrogen and oxygen atoms in total. The van der Waals surface area contributed by atoms with Crippen LogP contribution in [-0.2, 0) is 14.3 Å². The lowest BCUT2D eigenvalue weighted by Gasteiger charge is -2.26. The van der Waals surface area contributed by atoms with Crippen molar-refractivity contribution in [2.24, 2.45) is 0 Å². The molecular weight excluding hydrogens is 512 g/mol. The molecule has 5 rings (SSSR count). The summed E-state index contributed by atoms with van der Waals surface area (Å²) in [5.41, 5.74) is 3.73. The molecule has 0 spiro atoms. The van der Waals surface area contributed by atoms with Gasteiger partial charge in [0.15, 0.2) is 0 Å². The molecule has 0 saturated heterocycles. The molecule has 8 heteroatoms. The Hall–Kier alpha value is -4.24. The van der Waals surface area contributed by atoms with Gasteiger partial charge in [-0.3, -0.25) is 8.98 Å². The van der Waals surface area contributed by atoms with Crippen LogP contribution in [0.25, 0.3) is 10.9 Å². The van der Waals surface area contributed by atoms with Gasteiger partial charge in [0.25, 0.3) is 16.0 Å². The number of aryl methyl sites for hydroxylation is 1. The monoisotopic (exact) mass is 540 g/mol. The zero-order chi connectivity index (χ0) is 27.4. The van der Waals surface area contributed by atoms with Gasteiger partial charge >= 0.3 is 0 Å². The second kappa shape index (κ2) is 11.2. The van der Waals surface area contributed by atoms with E-state index in [9.17, 15) is 18.3 Å². The number of amides is 1. The van der Waals surface area contributed by atoms with Gasteiger partial charge in [-0.15, -0.1) is 0 Å². The van der Waals surface area contributed by atoms with Crippen molar-refractivity contribution in [3.05, 3.63) is 132 Å². The molecule has 1 amide bonds. The number of fused-ring (bicyclic) bond motifs is 1. The van der Waals surface area contributed by atoms with Crippen LogP contribution in [0.1, 0.15) is 27.5 Å². The normalized spacial score (nSPS) is 13.2. The Kier molecular flexibility index (Phi) is 7.60. The van der Waals surface area contributed by atoms with Gasteiger partial charge in [-0.05, 0) is 61.0 Å². The molecule has 0 aliphatic rings. The molecule has 198 valence electrons. The minimum Gasteiger partial charge on any atom is -0.388 e. The average Bonchev–Trinajstić information content (AvgIpc) is 3.36. The molecule has 0 saturated carbocycles. The van der Waals surface area contributed by atoms with Gasteiger partial charge in [-0.1, -0.05) is 66.2 Å². The summed E-state index contributed by atoms with van der Waals surface area (Å²) in [6.07, 6.45) is 0.656. The first-order valence-corrected chi connectivity index (χ1v) is 13.9. The van der Waals surface area contributed by atoms with E-state index in [0.29, 0.717) is 11.3 Å². The van der Waals surface area contributed by atoms with Crippen LogP contribution in [0.15, 0.2) is 120 Å². The van der Waals surface area contributed by atoms with E-state index < -0.39 is 28.9 Å². The van der Waals surface area contributed by atoms with E-state index in [0.717, 1.165) is 22.0 Å². The molecule has 0 radical (unpaired) electrons. The molecular formula is C31H28N2O5S. The third-order valence-corrected chi connectivity index (χ3v) is 7.82. The lowest BCUT2D eigenvalue weighted by molar-refractivity contribution is 0.0785. The number of rotatable bonds is 9. The van der Waals surface area contributed by atoms with E-state index in [1.807, 2.05) is 84.4 Å². The molecule has 39 heavy (non-hydrogen) atoms. The Morgan fingerprint density at radius 1 is 0.897 bits per heavy atom. The number of aliphatic hydroxyl groups is 1. The highest BCUT2D eigenvalue weighted by Gasteiger charge is 2.27. The summed E-state index contributed by atoms with van der Waals surface area (Å²) in [4.78, 5) is 12.6. The van der Waals surface area contributed by atoms with Crippen molar-refractivity contribution in [3.8, 4) is 0 Å². The maximum atomic E-state index is 12.8. The number of carbonyl (C=O) groups excluding carboxylic acids is 1. The molecule has 4 aromatic carbocycles. The zero-order valence-corrected chi connectivity index (χ0v) is 22.1. The van der Waals surface area contributed by atoms with Crippen LogP contribution < -0.4 is 5.32 Å². The molecule has 1 heterocycles. The smallest absolute Gasteiger partial charge is 0.297 e. The Bertz CT molecular complexity index is 1680. The highest BCUT2D eigenvalue weighted by molar-refractivity contribution is 7.86. The van der Waals surface area contributed by atoms with Gasteiger partial charge < -0.3 is 15.0 Å². The van der Waals surface area contributed by atoms with Crippen molar-refractivity contribution >= 4 is 32.6 Å². The molecule has 0 aliphatic carbocycles. The lowest BCUT2D eigenvalue weighted by Crippen LogP contribution is -2.30. The van der Waals surface area contributed by atoms with Gasteiger partial charge in [0.05, 0.1) is 17.5 Å². The van der Waals surface area contributed by atoms with Crippen molar-refractivity contribution in [1.82, 2.24) is 4.57 Å². The summed E-state index contributed by atoms with van der Waals surface area (Å²) in [7, 11) is -4.05. The van der Waals surface area contributed by atoms with Gasteiger partial charge in [0.2, 0.25) is 0 Å². The Labute approximate surface area is 227 Å². The number of nitrogens with zero attached hydrogens (tertiary/aromatic N) is 1. The maximum absolute atomic E-state index is 12.8. The summed E-state index contributed by atoms with van der Waals surface area (Å²) in [5, 5.41) is 15.0. The Morgan fingerprint density at radius 3 is 2.26 bits per heavy atom. The minimum atomic E-state index is -4.05. The van der Waals surface area contributed by atoms with E-state index in [4.69, 9.17) is 4.18 Å². The quantitative estimate of drug-likeness (QED) is 0.239. The number of benzene rings is 4. The molecule has 0 aliphatic heterocycles. The summed E-state index contributed by atoms with van der Waals surface area (Å²) in [5.74, 6) is -0.209. The number of hydrogen-bond acceptors (Lipinski definition) is 5. The topological polar surface area (TPSA) is 97.6 Å². The highest BCUT2D eigenvalue weighted by atomic mass is 32.2. The largest absolute Gasteiger partial charge is 0.388 e. The first-order valence-electron chi connectivity index (χ1n) is 12.5. The highest BCUT2D eigenvalue weighted by Crippen LogP contribution is 2.30. The Morgan fingerprint density at radius 2 is 1.56 bits per heavy atom.